The molecule has 11 heteroatoms. The number of carbonyl (C=O) groups is 3. The van der Waals surface area contributed by atoms with Crippen LogP contribution >= 0.6 is 11.6 Å². The molecule has 9 nitrogen and oxygen atoms in total. The summed E-state index contributed by atoms with van der Waals surface area (Å²) in [5.74, 6) is -1.79. The molecule has 0 aliphatic heterocycles. The lowest BCUT2D eigenvalue weighted by Gasteiger charge is -2.20. The maximum absolute atomic E-state index is 12.6. The van der Waals surface area contributed by atoms with Crippen molar-refractivity contribution in [1.29, 1.82) is 0 Å². The summed E-state index contributed by atoms with van der Waals surface area (Å²) < 4.78 is 32.6. The molecule has 172 valence electrons. The highest BCUT2D eigenvalue weighted by atomic mass is 35.5. The van der Waals surface area contributed by atoms with Crippen LogP contribution in [0, 0.1) is 0 Å². The molecule has 0 aliphatic rings. The Morgan fingerprint density at radius 2 is 1.69 bits per heavy atom. The number of sulfonamides is 1. The maximum atomic E-state index is 12.6. The van der Waals surface area contributed by atoms with Gasteiger partial charge in [0, 0.05) is 12.1 Å². The van der Waals surface area contributed by atoms with Crippen LogP contribution in [0.2, 0.25) is 5.02 Å². The zero-order chi connectivity index (χ0) is 23.9. The molecule has 0 aromatic heterocycles. The molecule has 2 rings (SSSR count). The van der Waals surface area contributed by atoms with E-state index in [-0.39, 0.29) is 22.0 Å². The normalized spacial score (nSPS) is 11.5. The van der Waals surface area contributed by atoms with Crippen LogP contribution in [-0.2, 0) is 26.1 Å². The van der Waals surface area contributed by atoms with Crippen LogP contribution in [0.1, 0.15) is 36.7 Å². The third-order valence-corrected chi connectivity index (χ3v) is 5.72. The fourth-order valence-corrected chi connectivity index (χ4v) is 3.98. The first-order chi connectivity index (χ1) is 14.9. The van der Waals surface area contributed by atoms with Gasteiger partial charge in [0.05, 0.1) is 10.6 Å². The molecule has 0 radical (unpaired) electrons. The third-order valence-electron chi connectivity index (χ3n) is 3.84. The molecule has 0 bridgehead atoms. The van der Waals surface area contributed by atoms with E-state index in [1.165, 1.54) is 12.1 Å². The number of ether oxygens (including phenoxy) is 1. The number of esters is 1. The summed E-state index contributed by atoms with van der Waals surface area (Å²) in [5.41, 5.74) is 0.0616. The van der Waals surface area contributed by atoms with Crippen molar-refractivity contribution < 1.29 is 27.5 Å². The van der Waals surface area contributed by atoms with E-state index in [9.17, 15) is 22.8 Å². The van der Waals surface area contributed by atoms with Crippen LogP contribution in [0.15, 0.2) is 53.4 Å². The summed E-state index contributed by atoms with van der Waals surface area (Å²) in [5, 5.41) is 4.47. The van der Waals surface area contributed by atoms with Crippen molar-refractivity contribution in [2.45, 2.75) is 37.8 Å². The first-order valence-corrected chi connectivity index (χ1v) is 11.4. The second kappa shape index (κ2) is 10.6. The molecule has 0 fully saturated rings. The van der Waals surface area contributed by atoms with E-state index in [2.05, 4.69) is 10.0 Å². The van der Waals surface area contributed by atoms with Gasteiger partial charge in [-0.15, -0.1) is 0 Å². The van der Waals surface area contributed by atoms with Crippen molar-refractivity contribution in [3.63, 3.8) is 0 Å². The lowest BCUT2D eigenvalue weighted by molar-refractivity contribution is -0.123. The lowest BCUT2D eigenvalue weighted by atomic mass is 10.1. The van der Waals surface area contributed by atoms with E-state index in [1.54, 1.807) is 51.1 Å². The molecule has 0 aliphatic carbocycles. The zero-order valence-corrected chi connectivity index (χ0v) is 19.3. The van der Waals surface area contributed by atoms with E-state index in [4.69, 9.17) is 16.3 Å². The van der Waals surface area contributed by atoms with Gasteiger partial charge in [0.1, 0.15) is 4.90 Å². The molecule has 0 saturated heterocycles. The standard InChI is InChI=1S/C21H24ClN3O6S/c1-21(2,3)25-20(28)24-18(26)13-31-19(27)15-9-10-16(22)17(11-15)32(29,30)23-12-14-7-5-4-6-8-14/h4-11,23H,12-13H2,1-3H3,(H2,24,25,26,28). The summed E-state index contributed by atoms with van der Waals surface area (Å²) in [6, 6.07) is 11.7. The summed E-state index contributed by atoms with van der Waals surface area (Å²) in [6.07, 6.45) is 0. The van der Waals surface area contributed by atoms with Crippen molar-refractivity contribution >= 4 is 39.5 Å². The predicted molar refractivity (Wildman–Crippen MR) is 119 cm³/mol. The summed E-state index contributed by atoms with van der Waals surface area (Å²) in [7, 11) is -4.03. The highest BCUT2D eigenvalue weighted by Crippen LogP contribution is 2.23. The Morgan fingerprint density at radius 1 is 1.03 bits per heavy atom. The van der Waals surface area contributed by atoms with Gasteiger partial charge in [-0.3, -0.25) is 10.1 Å². The minimum atomic E-state index is -4.03. The number of nitrogens with one attached hydrogen (secondary N) is 3. The number of benzene rings is 2. The molecule has 0 spiro atoms. The van der Waals surface area contributed by atoms with Crippen LogP contribution in [0.5, 0.6) is 0 Å². The molecule has 2 aromatic rings. The number of carbonyl (C=O) groups excluding carboxylic acids is 3. The van der Waals surface area contributed by atoms with Crippen LogP contribution in [0.3, 0.4) is 0 Å². The van der Waals surface area contributed by atoms with Crippen LogP contribution in [-0.4, -0.2) is 38.5 Å². The molecule has 0 heterocycles. The molecule has 3 amide bonds. The first kappa shape index (κ1) is 25.3. The lowest BCUT2D eigenvalue weighted by Crippen LogP contribution is -2.49. The van der Waals surface area contributed by atoms with E-state index in [0.29, 0.717) is 0 Å². The molecule has 0 saturated carbocycles. The summed E-state index contributed by atoms with van der Waals surface area (Å²) >= 11 is 6.02. The fraction of sp³-hybridized carbons (Fsp3) is 0.286. The highest BCUT2D eigenvalue weighted by molar-refractivity contribution is 7.89. The molecular weight excluding hydrogens is 458 g/mol. The van der Waals surface area contributed by atoms with Gasteiger partial charge in [-0.1, -0.05) is 41.9 Å². The van der Waals surface area contributed by atoms with E-state index in [0.717, 1.165) is 11.6 Å². The molecule has 2 aromatic carbocycles. The third kappa shape index (κ3) is 7.95. The Bertz CT molecular complexity index is 1100. The minimum absolute atomic E-state index is 0.0327. The number of hydrogen-bond acceptors (Lipinski definition) is 6. The Kier molecular flexibility index (Phi) is 8.37. The van der Waals surface area contributed by atoms with Gasteiger partial charge in [0.25, 0.3) is 5.91 Å². The topological polar surface area (TPSA) is 131 Å². The van der Waals surface area contributed by atoms with Crippen molar-refractivity contribution in [1.82, 2.24) is 15.4 Å². The number of imide groups is 1. The van der Waals surface area contributed by atoms with Crippen molar-refractivity contribution in [3.05, 3.63) is 64.7 Å². The van der Waals surface area contributed by atoms with Crippen LogP contribution in [0.25, 0.3) is 0 Å². The molecule has 32 heavy (non-hydrogen) atoms. The first-order valence-electron chi connectivity index (χ1n) is 9.50. The second-order valence-corrected chi connectivity index (χ2v) is 9.93. The van der Waals surface area contributed by atoms with E-state index >= 15 is 0 Å². The van der Waals surface area contributed by atoms with Crippen molar-refractivity contribution in [2.75, 3.05) is 6.61 Å². The molecule has 3 N–H and O–H groups in total. The SMILES string of the molecule is CC(C)(C)NC(=O)NC(=O)COC(=O)c1ccc(Cl)c(S(=O)(=O)NCc2ccccc2)c1. The average molecular weight is 482 g/mol. The summed E-state index contributed by atoms with van der Waals surface area (Å²) in [4.78, 5) is 35.4. The molecule has 0 unspecified atom stereocenters. The smallest absolute Gasteiger partial charge is 0.338 e. The Hall–Kier alpha value is -2.95. The van der Waals surface area contributed by atoms with Gasteiger partial charge in [-0.05, 0) is 44.5 Å². The van der Waals surface area contributed by atoms with Crippen molar-refractivity contribution in [3.8, 4) is 0 Å². The van der Waals surface area contributed by atoms with Gasteiger partial charge in [-0.2, -0.15) is 0 Å². The summed E-state index contributed by atoms with van der Waals surface area (Å²) in [6.45, 7) is 4.51. The zero-order valence-electron chi connectivity index (χ0n) is 17.8. The maximum Gasteiger partial charge on any atom is 0.338 e. The van der Waals surface area contributed by atoms with E-state index < -0.39 is 40.1 Å². The van der Waals surface area contributed by atoms with E-state index in [1.807, 2.05) is 5.32 Å². The highest BCUT2D eigenvalue weighted by Gasteiger charge is 2.21. The number of halogens is 1. The van der Waals surface area contributed by atoms with Crippen molar-refractivity contribution in [2.24, 2.45) is 0 Å². The number of urea groups is 1. The second-order valence-electron chi connectivity index (χ2n) is 7.78. The average Bonchev–Trinajstić information content (AvgIpc) is 2.70. The number of amides is 3. The van der Waals surface area contributed by atoms with Gasteiger partial charge in [-0.25, -0.2) is 22.7 Å². The fourth-order valence-electron chi connectivity index (χ4n) is 2.44. The van der Waals surface area contributed by atoms with Gasteiger partial charge >= 0.3 is 12.0 Å². The monoisotopic (exact) mass is 481 g/mol. The largest absolute Gasteiger partial charge is 0.452 e. The number of hydrogen-bond donors (Lipinski definition) is 3. The Balaban J connectivity index is 2.02. The van der Waals surface area contributed by atoms with Gasteiger partial charge < -0.3 is 10.1 Å². The Morgan fingerprint density at radius 3 is 2.31 bits per heavy atom. The molecular formula is C21H24ClN3O6S. The predicted octanol–water partition coefficient (Wildman–Crippen LogP) is 2.60. The Labute approximate surface area is 191 Å². The number of rotatable bonds is 7. The molecule has 0 atom stereocenters. The van der Waals surface area contributed by atoms with Gasteiger partial charge in [0.15, 0.2) is 6.61 Å². The van der Waals surface area contributed by atoms with Crippen LogP contribution in [0.4, 0.5) is 4.79 Å². The quantitative estimate of drug-likeness (QED) is 0.521. The van der Waals surface area contributed by atoms with Crippen LogP contribution < -0.4 is 15.4 Å². The minimum Gasteiger partial charge on any atom is -0.452 e. The van der Waals surface area contributed by atoms with Gasteiger partial charge in [0.2, 0.25) is 10.0 Å².